The van der Waals surface area contributed by atoms with Gasteiger partial charge in [0.05, 0.1) is 15.7 Å². The smallest absolute Gasteiger partial charge is 0.408 e. The van der Waals surface area contributed by atoms with Crippen molar-refractivity contribution in [3.63, 3.8) is 0 Å². The van der Waals surface area contributed by atoms with E-state index in [-0.39, 0.29) is 12.3 Å². The molecule has 0 saturated heterocycles. The molecule has 0 heterocycles. The summed E-state index contributed by atoms with van der Waals surface area (Å²) in [5.41, 5.74) is -1.31. The molecular weight excluding hydrogens is 369 g/mol. The van der Waals surface area contributed by atoms with Crippen LogP contribution < -0.4 is 10.0 Å². The van der Waals surface area contributed by atoms with Crippen LogP contribution in [0.15, 0.2) is 0 Å². The first-order valence-electron chi connectivity index (χ1n) is 8.78. The lowest BCUT2D eigenvalue weighted by Crippen LogP contribution is -2.53. The van der Waals surface area contributed by atoms with Gasteiger partial charge in [0.2, 0.25) is 0 Å². The fourth-order valence-corrected chi connectivity index (χ4v) is 4.68. The van der Waals surface area contributed by atoms with Gasteiger partial charge in [0.15, 0.2) is 0 Å². The van der Waals surface area contributed by atoms with E-state index >= 15 is 0 Å². The topological polar surface area (TPSA) is 67.4 Å². The summed E-state index contributed by atoms with van der Waals surface area (Å²) in [7, 11) is -1.83. The van der Waals surface area contributed by atoms with Crippen molar-refractivity contribution >= 4 is 17.1 Å². The van der Waals surface area contributed by atoms with E-state index in [0.717, 1.165) is 0 Å². The van der Waals surface area contributed by atoms with Crippen molar-refractivity contribution in [2.45, 2.75) is 88.9 Å². The van der Waals surface area contributed by atoms with E-state index in [4.69, 9.17) is 4.74 Å². The van der Waals surface area contributed by atoms with Gasteiger partial charge in [0, 0.05) is 5.54 Å². The number of nitrogens with one attached hydrogen (secondary N) is 2. The summed E-state index contributed by atoms with van der Waals surface area (Å²) in [5.74, 6) is -0.864. The van der Waals surface area contributed by atoms with E-state index in [1.807, 2.05) is 0 Å². The molecule has 0 aromatic rings. The Kier molecular flexibility index (Phi) is 5.49. The van der Waals surface area contributed by atoms with Gasteiger partial charge in [-0.05, 0) is 72.6 Å². The summed E-state index contributed by atoms with van der Waals surface area (Å²) in [6.07, 6.45) is -3.92. The number of halogens is 3. The molecule has 3 atom stereocenters. The summed E-state index contributed by atoms with van der Waals surface area (Å²) in [6.45, 7) is 10.1. The number of carbonyl (C=O) groups excluding carboxylic acids is 1. The van der Waals surface area contributed by atoms with Gasteiger partial charge in [0.25, 0.3) is 0 Å². The third-order valence-corrected chi connectivity index (χ3v) is 6.46. The Labute approximate surface area is 155 Å². The molecule has 0 spiro atoms. The van der Waals surface area contributed by atoms with E-state index in [0.29, 0.717) is 12.8 Å². The number of fused-ring (bicyclic) bond motifs is 1. The highest BCUT2D eigenvalue weighted by atomic mass is 32.2. The molecule has 152 valence electrons. The Balaban J connectivity index is 2.07. The van der Waals surface area contributed by atoms with Gasteiger partial charge < -0.3 is 10.1 Å². The first-order chi connectivity index (χ1) is 11.5. The molecule has 0 aromatic carbocycles. The van der Waals surface area contributed by atoms with Crippen molar-refractivity contribution in [3.05, 3.63) is 0 Å². The summed E-state index contributed by atoms with van der Waals surface area (Å²) in [4.78, 5) is 12.0. The van der Waals surface area contributed by atoms with Crippen LogP contribution in [0.25, 0.3) is 0 Å². The average molecular weight is 398 g/mol. The lowest BCUT2D eigenvalue weighted by atomic mass is 9.75. The van der Waals surface area contributed by atoms with E-state index < -0.39 is 51.1 Å². The minimum atomic E-state index is -4.50. The standard InChI is InChI=1S/C17H29F3N2O3S/c1-14(2,3)25-13(23)21-16-7-10(8-16)11(9-16)12(17(18,19)20)22-26(24)15(4,5)6/h10-12,22H,7-9H2,1-6H3,(H,21,23). The zero-order valence-corrected chi connectivity index (χ0v) is 16.9. The Hall–Kier alpha value is -0.830. The molecule has 2 N–H and O–H groups in total. The molecule has 3 aliphatic carbocycles. The van der Waals surface area contributed by atoms with Crippen LogP contribution in [0.4, 0.5) is 18.0 Å². The number of alkyl halides is 3. The van der Waals surface area contributed by atoms with Gasteiger partial charge in [-0.25, -0.2) is 13.7 Å². The highest BCUT2D eigenvalue weighted by Crippen LogP contribution is 2.58. The summed E-state index contributed by atoms with van der Waals surface area (Å²) >= 11 is 0. The number of amides is 1. The molecule has 3 fully saturated rings. The molecular formula is C17H29F3N2O3S. The molecule has 26 heavy (non-hydrogen) atoms. The Morgan fingerprint density at radius 2 is 1.65 bits per heavy atom. The molecule has 3 aliphatic rings. The van der Waals surface area contributed by atoms with Gasteiger partial charge in [-0.2, -0.15) is 13.2 Å². The zero-order chi connectivity index (χ0) is 20.1. The third-order valence-electron chi connectivity index (χ3n) is 4.87. The Bertz CT molecular complexity index is 575. The second-order valence-corrected chi connectivity index (χ2v) is 11.5. The van der Waals surface area contributed by atoms with Crippen LogP contribution in [0.2, 0.25) is 0 Å². The number of ether oxygens (including phenoxy) is 1. The van der Waals surface area contributed by atoms with Crippen LogP contribution in [0.5, 0.6) is 0 Å². The van der Waals surface area contributed by atoms with E-state index in [2.05, 4.69) is 10.0 Å². The van der Waals surface area contributed by atoms with Crippen LogP contribution in [-0.2, 0) is 15.7 Å². The minimum absolute atomic E-state index is 0.152. The quantitative estimate of drug-likeness (QED) is 0.759. The number of alkyl carbamates (subject to hydrolysis) is 1. The number of rotatable bonds is 4. The fraction of sp³-hybridized carbons (Fsp3) is 0.941. The number of carbonyl (C=O) groups is 1. The van der Waals surface area contributed by atoms with Crippen LogP contribution in [0, 0.1) is 11.8 Å². The molecule has 2 bridgehead atoms. The molecule has 0 aromatic heterocycles. The van der Waals surface area contributed by atoms with Crippen LogP contribution in [0.1, 0.15) is 60.8 Å². The van der Waals surface area contributed by atoms with Crippen LogP contribution in [-0.4, -0.2) is 38.4 Å². The minimum Gasteiger partial charge on any atom is -0.444 e. The van der Waals surface area contributed by atoms with E-state index in [1.54, 1.807) is 41.5 Å². The number of hydrogen-bond donors (Lipinski definition) is 2. The average Bonchev–Trinajstić information content (AvgIpc) is 2.84. The lowest BCUT2D eigenvalue weighted by Gasteiger charge is -2.40. The Morgan fingerprint density at radius 1 is 1.12 bits per heavy atom. The Morgan fingerprint density at radius 3 is 2.08 bits per heavy atom. The largest absolute Gasteiger partial charge is 0.444 e. The summed E-state index contributed by atoms with van der Waals surface area (Å²) < 4.78 is 59.8. The second kappa shape index (κ2) is 6.65. The monoisotopic (exact) mass is 398 g/mol. The maximum atomic E-state index is 13.6. The number of hydrogen-bond acceptors (Lipinski definition) is 3. The molecule has 0 radical (unpaired) electrons. The molecule has 3 unspecified atom stereocenters. The second-order valence-electron chi connectivity index (χ2n) is 9.46. The van der Waals surface area contributed by atoms with Crippen molar-refractivity contribution in [3.8, 4) is 0 Å². The van der Waals surface area contributed by atoms with E-state index in [1.165, 1.54) is 0 Å². The fourth-order valence-electron chi connectivity index (χ4n) is 3.78. The van der Waals surface area contributed by atoms with Gasteiger partial charge >= 0.3 is 12.3 Å². The van der Waals surface area contributed by atoms with Gasteiger partial charge in [-0.3, -0.25) is 0 Å². The SMILES string of the molecule is CC(C)(C)OC(=O)NC12CC(C1)C(C(NS(=O)C(C)(C)C)C(F)(F)F)C2. The lowest BCUT2D eigenvalue weighted by molar-refractivity contribution is -0.164. The third kappa shape index (κ3) is 4.91. The van der Waals surface area contributed by atoms with Gasteiger partial charge in [-0.1, -0.05) is 0 Å². The molecule has 3 saturated carbocycles. The highest BCUT2D eigenvalue weighted by Gasteiger charge is 2.63. The van der Waals surface area contributed by atoms with Crippen molar-refractivity contribution in [1.29, 1.82) is 0 Å². The zero-order valence-electron chi connectivity index (χ0n) is 16.1. The van der Waals surface area contributed by atoms with Crippen molar-refractivity contribution in [2.75, 3.05) is 0 Å². The first kappa shape index (κ1) is 21.5. The van der Waals surface area contributed by atoms with Gasteiger partial charge in [-0.15, -0.1) is 0 Å². The normalized spacial score (nSPS) is 31.1. The van der Waals surface area contributed by atoms with Crippen LogP contribution in [0.3, 0.4) is 0 Å². The molecule has 0 aliphatic heterocycles. The molecule has 3 rings (SSSR count). The molecule has 5 nitrogen and oxygen atoms in total. The summed E-state index contributed by atoms with van der Waals surface area (Å²) in [6, 6.07) is -1.85. The van der Waals surface area contributed by atoms with Crippen molar-refractivity contribution < 1.29 is 26.9 Å². The maximum Gasteiger partial charge on any atom is 0.408 e. The van der Waals surface area contributed by atoms with Crippen molar-refractivity contribution in [2.24, 2.45) is 11.8 Å². The first-order valence-corrected chi connectivity index (χ1v) is 9.93. The highest BCUT2D eigenvalue weighted by molar-refractivity contribution is 7.84. The maximum absolute atomic E-state index is 13.6. The molecule has 9 heteroatoms. The van der Waals surface area contributed by atoms with Crippen molar-refractivity contribution in [1.82, 2.24) is 10.0 Å². The predicted octanol–water partition coefficient (Wildman–Crippen LogP) is 3.66. The van der Waals surface area contributed by atoms with E-state index in [9.17, 15) is 22.2 Å². The van der Waals surface area contributed by atoms with Gasteiger partial charge in [0.1, 0.15) is 11.6 Å². The summed E-state index contributed by atoms with van der Waals surface area (Å²) in [5, 5.41) is 2.77. The predicted molar refractivity (Wildman–Crippen MR) is 93.8 cm³/mol. The molecule has 1 amide bonds. The van der Waals surface area contributed by atoms with Crippen LogP contribution >= 0.6 is 0 Å².